The Morgan fingerprint density at radius 2 is 2.04 bits per heavy atom. The predicted octanol–water partition coefficient (Wildman–Crippen LogP) is 3.96. The molecule has 0 aromatic heterocycles. The van der Waals surface area contributed by atoms with E-state index in [-0.39, 0.29) is 23.2 Å². The number of ketones is 1. The third-order valence-corrected chi connectivity index (χ3v) is 6.46. The molecule has 1 N–H and O–H groups in total. The fourth-order valence-electron chi connectivity index (χ4n) is 4.89. The maximum absolute atomic E-state index is 12.6. The number of hydrogen-bond acceptors (Lipinski definition) is 3. The van der Waals surface area contributed by atoms with Crippen molar-refractivity contribution in [1.82, 2.24) is 0 Å². The molecule has 0 aromatic carbocycles. The summed E-state index contributed by atoms with van der Waals surface area (Å²) in [6.45, 7) is 10.4. The highest BCUT2D eigenvalue weighted by molar-refractivity contribution is 5.99. The molecule has 0 spiro atoms. The summed E-state index contributed by atoms with van der Waals surface area (Å²) < 4.78 is 6.23. The van der Waals surface area contributed by atoms with Gasteiger partial charge in [0.15, 0.2) is 5.78 Å². The lowest BCUT2D eigenvalue weighted by Gasteiger charge is -2.39. The molecule has 3 aliphatic rings. The predicted molar refractivity (Wildman–Crippen MR) is 91.1 cm³/mol. The van der Waals surface area contributed by atoms with Gasteiger partial charge in [0.05, 0.1) is 17.8 Å². The van der Waals surface area contributed by atoms with Crippen molar-refractivity contribution in [3.05, 3.63) is 22.8 Å². The van der Waals surface area contributed by atoms with Gasteiger partial charge in [0.2, 0.25) is 0 Å². The Balaban J connectivity index is 2.05. The molecule has 3 heteroatoms. The van der Waals surface area contributed by atoms with Crippen LogP contribution in [0.1, 0.15) is 66.7 Å². The number of allylic oxidation sites excluding steroid dienone is 3. The van der Waals surface area contributed by atoms with Gasteiger partial charge in [0.25, 0.3) is 0 Å². The summed E-state index contributed by atoms with van der Waals surface area (Å²) in [6.07, 6.45) is 5.79. The number of aliphatic hydroxyl groups is 1. The number of ether oxygens (including phenoxy) is 1. The molecule has 2 fully saturated rings. The van der Waals surface area contributed by atoms with Gasteiger partial charge in [-0.3, -0.25) is 4.79 Å². The van der Waals surface area contributed by atoms with Gasteiger partial charge in [-0.25, -0.2) is 0 Å². The van der Waals surface area contributed by atoms with Crippen molar-refractivity contribution in [3.63, 3.8) is 0 Å². The van der Waals surface area contributed by atoms with Crippen molar-refractivity contribution < 1.29 is 14.6 Å². The normalized spacial score (nSPS) is 46.3. The highest BCUT2D eigenvalue weighted by Gasteiger charge is 2.52. The van der Waals surface area contributed by atoms with E-state index in [1.54, 1.807) is 0 Å². The molecule has 5 atom stereocenters. The molecular weight excluding hydrogens is 288 g/mol. The van der Waals surface area contributed by atoms with E-state index in [1.807, 2.05) is 20.8 Å². The summed E-state index contributed by atoms with van der Waals surface area (Å²) in [5.74, 6) is 0.483. The van der Waals surface area contributed by atoms with Gasteiger partial charge >= 0.3 is 0 Å². The Hall–Kier alpha value is -0.930. The Labute approximate surface area is 139 Å². The van der Waals surface area contributed by atoms with E-state index >= 15 is 0 Å². The summed E-state index contributed by atoms with van der Waals surface area (Å²) in [7, 11) is 0. The minimum atomic E-state index is -0.518. The molecule has 0 amide bonds. The van der Waals surface area contributed by atoms with Crippen LogP contribution in [0.5, 0.6) is 0 Å². The monoisotopic (exact) mass is 318 g/mol. The second-order valence-corrected chi connectivity index (χ2v) is 8.58. The first kappa shape index (κ1) is 16.9. The van der Waals surface area contributed by atoms with Crippen LogP contribution in [0.4, 0.5) is 0 Å². The summed E-state index contributed by atoms with van der Waals surface area (Å²) in [6, 6.07) is 0. The average molecular weight is 318 g/mol. The van der Waals surface area contributed by atoms with E-state index < -0.39 is 11.7 Å². The SMILES string of the molecule is CC(C)=C1C(=O)C[C@@]2(C)C[C@@H](O)[C@]3(C)CC[C@@H](O3)/C(C)=C\C[C@H]12. The summed E-state index contributed by atoms with van der Waals surface area (Å²) in [5.41, 5.74) is 2.72. The van der Waals surface area contributed by atoms with Crippen molar-refractivity contribution >= 4 is 5.78 Å². The van der Waals surface area contributed by atoms with Crippen LogP contribution in [0, 0.1) is 11.3 Å². The molecule has 2 aliphatic heterocycles. The minimum Gasteiger partial charge on any atom is -0.390 e. The van der Waals surface area contributed by atoms with E-state index in [0.717, 1.165) is 30.4 Å². The van der Waals surface area contributed by atoms with Crippen LogP contribution in [-0.2, 0) is 9.53 Å². The lowest BCUT2D eigenvalue weighted by Crippen LogP contribution is -2.44. The zero-order chi connectivity index (χ0) is 17.0. The topological polar surface area (TPSA) is 46.5 Å². The lowest BCUT2D eigenvalue weighted by molar-refractivity contribution is -0.119. The second-order valence-electron chi connectivity index (χ2n) is 8.58. The number of rotatable bonds is 0. The first-order valence-corrected chi connectivity index (χ1v) is 8.89. The summed E-state index contributed by atoms with van der Waals surface area (Å²) in [4.78, 5) is 12.6. The minimum absolute atomic E-state index is 0.117. The third kappa shape index (κ3) is 2.72. The van der Waals surface area contributed by atoms with Gasteiger partial charge < -0.3 is 9.84 Å². The number of carbonyl (C=O) groups excluding carboxylic acids is 1. The molecule has 0 radical (unpaired) electrons. The number of fused-ring (bicyclic) bond motifs is 3. The molecule has 3 nitrogen and oxygen atoms in total. The quantitative estimate of drug-likeness (QED) is 0.543. The lowest BCUT2D eigenvalue weighted by atomic mass is 9.70. The molecule has 1 aliphatic carbocycles. The van der Waals surface area contributed by atoms with Crippen LogP contribution < -0.4 is 0 Å². The highest BCUT2D eigenvalue weighted by Crippen LogP contribution is 2.53. The number of aliphatic hydroxyl groups excluding tert-OH is 1. The van der Waals surface area contributed by atoms with Crippen LogP contribution in [0.2, 0.25) is 0 Å². The van der Waals surface area contributed by atoms with E-state index in [4.69, 9.17) is 4.74 Å². The van der Waals surface area contributed by atoms with Crippen LogP contribution >= 0.6 is 0 Å². The van der Waals surface area contributed by atoms with Crippen molar-refractivity contribution in [2.24, 2.45) is 11.3 Å². The number of Topliss-reactive ketones (excluding diaryl/α,β-unsaturated/α-hetero) is 1. The molecule has 23 heavy (non-hydrogen) atoms. The van der Waals surface area contributed by atoms with E-state index in [2.05, 4.69) is 19.9 Å². The molecule has 1 saturated carbocycles. The first-order chi connectivity index (χ1) is 10.7. The molecule has 3 rings (SSSR count). The van der Waals surface area contributed by atoms with Crippen molar-refractivity contribution in [2.45, 2.75) is 84.5 Å². The Kier molecular flexibility index (Phi) is 4.09. The van der Waals surface area contributed by atoms with Crippen LogP contribution in [0.25, 0.3) is 0 Å². The molecule has 1 saturated heterocycles. The first-order valence-electron chi connectivity index (χ1n) is 8.89. The average Bonchev–Trinajstić information content (AvgIpc) is 2.95. The molecule has 2 bridgehead atoms. The smallest absolute Gasteiger partial charge is 0.159 e. The van der Waals surface area contributed by atoms with Gasteiger partial charge in [-0.15, -0.1) is 0 Å². The fraction of sp³-hybridized carbons (Fsp3) is 0.750. The van der Waals surface area contributed by atoms with Crippen LogP contribution in [0.3, 0.4) is 0 Å². The Bertz CT molecular complexity index is 584. The second kappa shape index (κ2) is 5.56. The fourth-order valence-corrected chi connectivity index (χ4v) is 4.89. The van der Waals surface area contributed by atoms with Crippen molar-refractivity contribution in [2.75, 3.05) is 0 Å². The van der Waals surface area contributed by atoms with Gasteiger partial charge in [0.1, 0.15) is 0 Å². The van der Waals surface area contributed by atoms with Gasteiger partial charge in [0, 0.05) is 6.42 Å². The molecule has 0 unspecified atom stereocenters. The van der Waals surface area contributed by atoms with Crippen LogP contribution in [-0.4, -0.2) is 28.7 Å². The van der Waals surface area contributed by atoms with E-state index in [0.29, 0.717) is 12.8 Å². The van der Waals surface area contributed by atoms with Crippen molar-refractivity contribution in [3.8, 4) is 0 Å². The van der Waals surface area contributed by atoms with Gasteiger partial charge in [-0.2, -0.15) is 0 Å². The summed E-state index contributed by atoms with van der Waals surface area (Å²) >= 11 is 0. The number of carbonyl (C=O) groups is 1. The van der Waals surface area contributed by atoms with E-state index in [9.17, 15) is 9.90 Å². The summed E-state index contributed by atoms with van der Waals surface area (Å²) in [5, 5.41) is 10.9. The van der Waals surface area contributed by atoms with Gasteiger partial charge in [-0.05, 0) is 75.9 Å². The van der Waals surface area contributed by atoms with Gasteiger partial charge in [-0.1, -0.05) is 18.6 Å². The largest absolute Gasteiger partial charge is 0.390 e. The maximum Gasteiger partial charge on any atom is 0.159 e. The number of hydrogen-bond donors (Lipinski definition) is 1. The maximum atomic E-state index is 12.6. The zero-order valence-electron chi connectivity index (χ0n) is 15.1. The highest BCUT2D eigenvalue weighted by atomic mass is 16.5. The van der Waals surface area contributed by atoms with Crippen molar-refractivity contribution in [1.29, 1.82) is 0 Å². The molecule has 0 aromatic rings. The Morgan fingerprint density at radius 3 is 2.70 bits per heavy atom. The van der Waals surface area contributed by atoms with Crippen LogP contribution in [0.15, 0.2) is 22.8 Å². The zero-order valence-corrected chi connectivity index (χ0v) is 15.1. The third-order valence-electron chi connectivity index (χ3n) is 6.46. The standard InChI is InChI=1S/C20H30O3/c1-12(2)18-14-7-6-13(3)16-8-9-20(5,23-16)17(22)11-19(14,4)10-15(18)21/h6,14,16-17,22H,7-11H2,1-5H3/b13-6-/t14-,16-,17-,19+,20+/m1/s1. The van der Waals surface area contributed by atoms with E-state index in [1.165, 1.54) is 5.57 Å². The molecule has 2 heterocycles. The molecular formula is C20H30O3. The molecule has 128 valence electrons. The Morgan fingerprint density at radius 1 is 1.35 bits per heavy atom.